The molecule has 144 valence electrons. The maximum atomic E-state index is 12.9. The predicted octanol–water partition coefficient (Wildman–Crippen LogP) is 2.01. The van der Waals surface area contributed by atoms with Crippen molar-refractivity contribution in [2.24, 2.45) is 5.92 Å². The zero-order valence-electron chi connectivity index (χ0n) is 15.2. The van der Waals surface area contributed by atoms with Crippen LogP contribution in [-0.2, 0) is 14.8 Å². The summed E-state index contributed by atoms with van der Waals surface area (Å²) in [6.07, 6.45) is 2.38. The molecule has 2 N–H and O–H groups in total. The molecule has 0 aromatic heterocycles. The van der Waals surface area contributed by atoms with Crippen molar-refractivity contribution in [3.63, 3.8) is 0 Å². The highest BCUT2D eigenvalue weighted by Crippen LogP contribution is 2.24. The van der Waals surface area contributed by atoms with E-state index >= 15 is 0 Å². The highest BCUT2D eigenvalue weighted by molar-refractivity contribution is 7.89. The van der Waals surface area contributed by atoms with Gasteiger partial charge in [-0.1, -0.05) is 13.0 Å². The molecule has 1 aliphatic rings. The van der Waals surface area contributed by atoms with Gasteiger partial charge in [0.25, 0.3) is 5.91 Å². The van der Waals surface area contributed by atoms with Crippen molar-refractivity contribution < 1.29 is 23.1 Å². The molecule has 1 amide bonds. The quantitative estimate of drug-likeness (QED) is 0.751. The summed E-state index contributed by atoms with van der Waals surface area (Å²) in [5.74, 6) is -0.862. The van der Waals surface area contributed by atoms with E-state index < -0.39 is 16.0 Å². The number of rotatable bonds is 7. The average molecular weight is 382 g/mol. The summed E-state index contributed by atoms with van der Waals surface area (Å²) in [5, 5.41) is 8.84. The van der Waals surface area contributed by atoms with E-state index in [1.807, 2.05) is 0 Å². The third-order valence-corrected chi connectivity index (χ3v) is 6.20. The van der Waals surface area contributed by atoms with Gasteiger partial charge >= 0.3 is 5.97 Å². The van der Waals surface area contributed by atoms with Crippen molar-refractivity contribution in [3.8, 4) is 0 Å². The van der Waals surface area contributed by atoms with Crippen molar-refractivity contribution >= 4 is 21.9 Å². The number of piperidine rings is 1. The van der Waals surface area contributed by atoms with Gasteiger partial charge in [-0.15, -0.1) is 0 Å². The van der Waals surface area contributed by atoms with E-state index in [1.165, 1.54) is 12.1 Å². The molecular formula is C18H26N2O5S. The summed E-state index contributed by atoms with van der Waals surface area (Å²) >= 11 is 0. The number of nitrogens with one attached hydrogen (secondary N) is 1. The Kier molecular flexibility index (Phi) is 6.77. The molecule has 1 atom stereocenters. The molecule has 2 rings (SSSR count). The minimum absolute atomic E-state index is 0.0766. The first-order chi connectivity index (χ1) is 12.2. The van der Waals surface area contributed by atoms with Gasteiger partial charge in [-0.2, -0.15) is 0 Å². The number of carboxylic acids is 1. The average Bonchev–Trinajstić information content (AvgIpc) is 2.60. The number of carboxylic acid groups (broad SMARTS) is 1. The largest absolute Gasteiger partial charge is 0.481 e. The number of aryl methyl sites for hydroxylation is 1. The molecule has 8 heteroatoms. The lowest BCUT2D eigenvalue weighted by Crippen LogP contribution is -2.40. The third kappa shape index (κ3) is 5.04. The van der Waals surface area contributed by atoms with Gasteiger partial charge in [0.2, 0.25) is 10.0 Å². The molecule has 0 radical (unpaired) electrons. The SMILES string of the molecule is CCNS(=O)(=O)c1ccc(C)c(C(=O)N2CCCC(CCC(=O)O)C2)c1. The van der Waals surface area contributed by atoms with Crippen LogP contribution in [-0.4, -0.2) is 49.9 Å². The van der Waals surface area contributed by atoms with E-state index in [-0.39, 0.29) is 29.7 Å². The van der Waals surface area contributed by atoms with Crippen LogP contribution in [0.4, 0.5) is 0 Å². The Labute approximate surface area is 154 Å². The molecule has 1 unspecified atom stereocenters. The number of aliphatic carboxylic acids is 1. The zero-order valence-corrected chi connectivity index (χ0v) is 16.0. The fourth-order valence-corrected chi connectivity index (χ4v) is 4.32. The van der Waals surface area contributed by atoms with Crippen LogP contribution in [0.3, 0.4) is 0 Å². The van der Waals surface area contributed by atoms with Gasteiger partial charge in [0, 0.05) is 31.6 Å². The van der Waals surface area contributed by atoms with Crippen molar-refractivity contribution in [1.82, 2.24) is 9.62 Å². The number of amides is 1. The topological polar surface area (TPSA) is 104 Å². The first-order valence-corrected chi connectivity index (χ1v) is 10.3. The Morgan fingerprint density at radius 3 is 2.73 bits per heavy atom. The van der Waals surface area contributed by atoms with Crippen LogP contribution in [0, 0.1) is 12.8 Å². The Bertz CT molecular complexity index is 776. The van der Waals surface area contributed by atoms with E-state index in [4.69, 9.17) is 5.11 Å². The van der Waals surface area contributed by atoms with Gasteiger partial charge in [0.15, 0.2) is 0 Å². The molecule has 1 aromatic rings. The number of carbonyl (C=O) groups is 2. The Morgan fingerprint density at radius 1 is 1.35 bits per heavy atom. The summed E-state index contributed by atoms with van der Waals surface area (Å²) in [5.41, 5.74) is 1.10. The van der Waals surface area contributed by atoms with Crippen molar-refractivity contribution in [1.29, 1.82) is 0 Å². The molecule has 1 aliphatic heterocycles. The van der Waals surface area contributed by atoms with Gasteiger partial charge in [-0.05, 0) is 49.8 Å². The molecule has 1 heterocycles. The third-order valence-electron chi connectivity index (χ3n) is 4.66. The fourth-order valence-electron chi connectivity index (χ4n) is 3.26. The molecule has 0 spiro atoms. The highest BCUT2D eigenvalue weighted by Gasteiger charge is 2.26. The van der Waals surface area contributed by atoms with Crippen molar-refractivity contribution in [2.45, 2.75) is 44.4 Å². The first-order valence-electron chi connectivity index (χ1n) is 8.86. The van der Waals surface area contributed by atoms with Crippen LogP contribution in [0.15, 0.2) is 23.1 Å². The second kappa shape index (κ2) is 8.64. The Morgan fingerprint density at radius 2 is 2.08 bits per heavy atom. The van der Waals surface area contributed by atoms with Crippen molar-refractivity contribution in [2.75, 3.05) is 19.6 Å². The molecule has 0 bridgehead atoms. The van der Waals surface area contributed by atoms with Crippen LogP contribution < -0.4 is 4.72 Å². The maximum absolute atomic E-state index is 12.9. The lowest BCUT2D eigenvalue weighted by Gasteiger charge is -2.33. The van der Waals surface area contributed by atoms with E-state index in [2.05, 4.69) is 4.72 Å². The summed E-state index contributed by atoms with van der Waals surface area (Å²) in [7, 11) is -3.63. The Balaban J connectivity index is 2.19. The zero-order chi connectivity index (χ0) is 19.3. The normalized spacial score (nSPS) is 17.9. The highest BCUT2D eigenvalue weighted by atomic mass is 32.2. The molecule has 1 saturated heterocycles. The lowest BCUT2D eigenvalue weighted by molar-refractivity contribution is -0.137. The standard InChI is InChI=1S/C18H26N2O5S/c1-3-19-26(24,25)15-8-6-13(2)16(11-15)18(23)20-10-4-5-14(12-20)7-9-17(21)22/h6,8,11,14,19H,3-5,7,9-10,12H2,1-2H3,(H,21,22). The number of carbonyl (C=O) groups excluding carboxylic acids is 1. The fraction of sp³-hybridized carbons (Fsp3) is 0.556. The van der Waals surface area contributed by atoms with Crippen LogP contribution in [0.5, 0.6) is 0 Å². The molecule has 0 aliphatic carbocycles. The number of nitrogens with zero attached hydrogens (tertiary/aromatic N) is 1. The summed E-state index contributed by atoms with van der Waals surface area (Å²) in [6.45, 7) is 4.87. The molecule has 1 aromatic carbocycles. The monoisotopic (exact) mass is 382 g/mol. The van der Waals surface area contributed by atoms with E-state index in [0.717, 1.165) is 18.4 Å². The number of benzene rings is 1. The minimum atomic E-state index is -3.63. The lowest BCUT2D eigenvalue weighted by atomic mass is 9.92. The second-order valence-corrected chi connectivity index (χ2v) is 8.44. The van der Waals surface area contributed by atoms with Gasteiger partial charge in [0.1, 0.15) is 0 Å². The Hall–Kier alpha value is -1.93. The predicted molar refractivity (Wildman–Crippen MR) is 97.5 cm³/mol. The molecule has 1 fully saturated rings. The molecular weight excluding hydrogens is 356 g/mol. The molecule has 26 heavy (non-hydrogen) atoms. The summed E-state index contributed by atoms with van der Waals surface area (Å²) in [6, 6.07) is 4.57. The van der Waals surface area contributed by atoms with Gasteiger partial charge in [0.05, 0.1) is 4.90 Å². The summed E-state index contributed by atoms with van der Waals surface area (Å²) in [4.78, 5) is 25.5. The number of likely N-dealkylation sites (tertiary alicyclic amines) is 1. The number of sulfonamides is 1. The van der Waals surface area contributed by atoms with Gasteiger partial charge in [-0.3, -0.25) is 9.59 Å². The maximum Gasteiger partial charge on any atom is 0.303 e. The second-order valence-electron chi connectivity index (χ2n) is 6.67. The van der Waals surface area contributed by atoms with Crippen LogP contribution in [0.25, 0.3) is 0 Å². The van der Waals surface area contributed by atoms with Crippen molar-refractivity contribution in [3.05, 3.63) is 29.3 Å². The van der Waals surface area contributed by atoms with E-state index in [0.29, 0.717) is 25.1 Å². The van der Waals surface area contributed by atoms with Gasteiger partial charge < -0.3 is 10.0 Å². The van der Waals surface area contributed by atoms with E-state index in [9.17, 15) is 18.0 Å². The molecule has 0 saturated carbocycles. The smallest absolute Gasteiger partial charge is 0.303 e. The summed E-state index contributed by atoms with van der Waals surface area (Å²) < 4.78 is 26.8. The molecule has 7 nitrogen and oxygen atoms in total. The van der Waals surface area contributed by atoms with Crippen LogP contribution >= 0.6 is 0 Å². The number of hydrogen-bond donors (Lipinski definition) is 2. The van der Waals surface area contributed by atoms with Crippen LogP contribution in [0.1, 0.15) is 48.5 Å². The number of hydrogen-bond acceptors (Lipinski definition) is 4. The minimum Gasteiger partial charge on any atom is -0.481 e. The first kappa shape index (κ1) is 20.4. The van der Waals surface area contributed by atoms with Gasteiger partial charge in [-0.25, -0.2) is 13.1 Å². The van der Waals surface area contributed by atoms with E-state index in [1.54, 1.807) is 24.8 Å². The van der Waals surface area contributed by atoms with Crippen LogP contribution in [0.2, 0.25) is 0 Å².